The van der Waals surface area contributed by atoms with E-state index in [-0.39, 0.29) is 6.04 Å². The maximum Gasteiger partial charge on any atom is 0.155 e. The number of aromatic nitrogens is 1. The lowest BCUT2D eigenvalue weighted by Gasteiger charge is -2.20. The molecule has 0 amide bonds. The van der Waals surface area contributed by atoms with Crippen LogP contribution in [0.3, 0.4) is 0 Å². The summed E-state index contributed by atoms with van der Waals surface area (Å²) in [5, 5.41) is 10.0. The molecule has 0 fully saturated rings. The Balaban J connectivity index is 0.000000488. The predicted molar refractivity (Wildman–Crippen MR) is 352 cm³/mol. The molecule has 0 radical (unpaired) electrons. The summed E-state index contributed by atoms with van der Waals surface area (Å²) in [6.45, 7) is 29.6. The topological polar surface area (TPSA) is 29.6 Å². The van der Waals surface area contributed by atoms with Crippen LogP contribution in [-0.2, 0) is 0 Å². The van der Waals surface area contributed by atoms with E-state index in [0.717, 1.165) is 45.5 Å². The minimum Gasteiger partial charge on any atom is -0.309 e. The quantitative estimate of drug-likeness (QED) is 0.0663. The Labute approximate surface area is 472 Å². The highest BCUT2D eigenvalue weighted by Crippen LogP contribution is 2.43. The smallest absolute Gasteiger partial charge is 0.155 e. The van der Waals surface area contributed by atoms with Gasteiger partial charge in [0.15, 0.2) is 5.84 Å². The second-order valence-electron chi connectivity index (χ2n) is 20.1. The molecular formula is C76H81N3. The molecule has 0 spiro atoms. The molecule has 0 N–H and O–H groups in total. The van der Waals surface area contributed by atoms with Gasteiger partial charge in [-0.3, -0.25) is 4.99 Å². The van der Waals surface area contributed by atoms with Crippen molar-refractivity contribution in [2.45, 2.75) is 108 Å². The molecule has 3 nitrogen and oxygen atoms in total. The second-order valence-corrected chi connectivity index (χ2v) is 20.1. The van der Waals surface area contributed by atoms with Gasteiger partial charge >= 0.3 is 0 Å². The zero-order valence-corrected chi connectivity index (χ0v) is 49.0. The molecule has 0 saturated carbocycles. The summed E-state index contributed by atoms with van der Waals surface area (Å²) in [7, 11) is 0. The minimum atomic E-state index is -0.160. The number of aryl methyl sites for hydroxylation is 2. The van der Waals surface area contributed by atoms with Crippen molar-refractivity contribution in [2.75, 3.05) is 0 Å². The van der Waals surface area contributed by atoms with Crippen LogP contribution in [0.5, 0.6) is 0 Å². The van der Waals surface area contributed by atoms with Gasteiger partial charge in [-0.2, -0.15) is 0 Å². The standard InChI is InChI=1S/C60H57N3.C11H10.C3H8.C2H6/c1-9-13-15-22-44-30-32-47(33-31-44)60(61-42(7)45(12-4)23-14-10-2)62-43(8)49-37-48-25-17-18-26-51(48)58(38-49)63-56-29-21-20-28-53(56)55-39-54(41(6)36-57(55)63)59-50(40(5)11-3)35-34-46-24-16-19-27-52(46)59;1-9-6-7-10-4-2-3-5-11(10)8-9;1-3-2;1-2/h9-10,12-40,42H,4,11H2,1-3,5-8H3;2-8H,1H3;3H2,1-2H3;1-2H3/b13-9-,14-10-,22-15-,45-23+,61-60?,62-43?;;;. The van der Waals surface area contributed by atoms with Crippen LogP contribution in [0.1, 0.15) is 121 Å². The van der Waals surface area contributed by atoms with Crippen molar-refractivity contribution in [2.24, 2.45) is 9.98 Å². The van der Waals surface area contributed by atoms with Crippen molar-refractivity contribution in [3.05, 3.63) is 264 Å². The molecule has 0 bridgehead atoms. The van der Waals surface area contributed by atoms with Gasteiger partial charge in [-0.25, -0.2) is 4.99 Å². The first-order valence-corrected chi connectivity index (χ1v) is 28.5. The van der Waals surface area contributed by atoms with Crippen LogP contribution in [0.15, 0.2) is 241 Å². The number of nitrogens with zero attached hydrogens (tertiary/aromatic N) is 3. The van der Waals surface area contributed by atoms with Crippen LogP contribution < -0.4 is 0 Å². The Bertz CT molecular complexity index is 3890. The third-order valence-electron chi connectivity index (χ3n) is 14.3. The molecule has 400 valence electrons. The van der Waals surface area contributed by atoms with Crippen LogP contribution in [0, 0.1) is 13.8 Å². The summed E-state index contributed by atoms with van der Waals surface area (Å²) in [5.41, 5.74) is 15.1. The summed E-state index contributed by atoms with van der Waals surface area (Å²) in [4.78, 5) is 10.6. The highest BCUT2D eigenvalue weighted by atomic mass is 15.0. The van der Waals surface area contributed by atoms with Gasteiger partial charge in [-0.1, -0.05) is 254 Å². The molecule has 1 heterocycles. The largest absolute Gasteiger partial charge is 0.309 e. The van der Waals surface area contributed by atoms with Gasteiger partial charge in [0.25, 0.3) is 0 Å². The average molecular weight is 1040 g/mol. The number of benzene rings is 9. The lowest BCUT2D eigenvalue weighted by Crippen LogP contribution is -2.10. The molecule has 0 aliphatic heterocycles. The van der Waals surface area contributed by atoms with Gasteiger partial charge in [0.2, 0.25) is 0 Å². The van der Waals surface area contributed by atoms with Crippen LogP contribution in [0.25, 0.3) is 77.0 Å². The molecule has 9 aromatic carbocycles. The first-order chi connectivity index (χ1) is 38.5. The predicted octanol–water partition coefficient (Wildman–Crippen LogP) is 22.1. The molecule has 2 unspecified atom stereocenters. The fraction of sp³-hybridized carbons (Fsp3) is 0.211. The fourth-order valence-corrected chi connectivity index (χ4v) is 10.1. The molecular weight excluding hydrogens is 955 g/mol. The number of amidine groups is 1. The zero-order valence-electron chi connectivity index (χ0n) is 49.0. The SMILES string of the molecule is C=C/C(=C\C=C/C)C(C)N=C(N=C(C)c1cc(-n2c3ccccc3c3cc(-c4c(C(C)CC)ccc5ccccc45)c(C)cc32)c2ccccc2c1)c1ccc(/C=C\C=C/C)cc1.CC.CCC.Cc1ccc2ccccc2c1. The lowest BCUT2D eigenvalue weighted by atomic mass is 9.84. The van der Waals surface area contributed by atoms with Gasteiger partial charge in [0.1, 0.15) is 0 Å². The fourth-order valence-electron chi connectivity index (χ4n) is 10.1. The number of allylic oxidation sites excluding steroid dienone is 6. The molecule has 3 heteroatoms. The lowest BCUT2D eigenvalue weighted by molar-refractivity contribution is 0.736. The maximum atomic E-state index is 5.38. The number of aliphatic imine (C=N–C) groups is 2. The van der Waals surface area contributed by atoms with E-state index in [4.69, 9.17) is 9.98 Å². The molecule has 0 saturated heterocycles. The van der Waals surface area contributed by atoms with Gasteiger partial charge < -0.3 is 4.57 Å². The number of hydrogen-bond donors (Lipinski definition) is 0. The highest BCUT2D eigenvalue weighted by molar-refractivity contribution is 6.16. The second kappa shape index (κ2) is 28.3. The molecule has 2 atom stereocenters. The number of fused-ring (bicyclic) bond motifs is 6. The third kappa shape index (κ3) is 13.7. The summed E-state index contributed by atoms with van der Waals surface area (Å²) < 4.78 is 2.47. The highest BCUT2D eigenvalue weighted by Gasteiger charge is 2.21. The first kappa shape index (κ1) is 58.3. The zero-order chi connectivity index (χ0) is 56.4. The Morgan fingerprint density at radius 3 is 1.89 bits per heavy atom. The van der Waals surface area contributed by atoms with E-state index in [1.165, 1.54) is 83.0 Å². The number of rotatable bonds is 12. The van der Waals surface area contributed by atoms with Gasteiger partial charge in [-0.15, -0.1) is 0 Å². The molecule has 10 rings (SSSR count). The van der Waals surface area contributed by atoms with E-state index < -0.39 is 0 Å². The molecule has 0 aliphatic rings. The molecule has 79 heavy (non-hydrogen) atoms. The van der Waals surface area contributed by atoms with Crippen molar-refractivity contribution < 1.29 is 0 Å². The van der Waals surface area contributed by atoms with Gasteiger partial charge in [0.05, 0.1) is 22.8 Å². The number of hydrogen-bond acceptors (Lipinski definition) is 1. The van der Waals surface area contributed by atoms with Crippen molar-refractivity contribution in [3.8, 4) is 16.8 Å². The normalized spacial score (nSPS) is 12.9. The Hall–Kier alpha value is -8.40. The van der Waals surface area contributed by atoms with Crippen molar-refractivity contribution in [3.63, 3.8) is 0 Å². The monoisotopic (exact) mass is 1040 g/mol. The van der Waals surface area contributed by atoms with Gasteiger partial charge in [0, 0.05) is 27.4 Å². The Kier molecular flexibility index (Phi) is 20.9. The van der Waals surface area contributed by atoms with E-state index in [0.29, 0.717) is 11.8 Å². The summed E-state index contributed by atoms with van der Waals surface area (Å²) in [6, 6.07) is 63.8. The van der Waals surface area contributed by atoms with Crippen LogP contribution in [-0.4, -0.2) is 22.2 Å². The van der Waals surface area contributed by atoms with Crippen LogP contribution in [0.4, 0.5) is 0 Å². The minimum absolute atomic E-state index is 0.160. The summed E-state index contributed by atoms with van der Waals surface area (Å²) >= 11 is 0. The molecule has 1 aromatic heterocycles. The first-order valence-electron chi connectivity index (χ1n) is 28.5. The van der Waals surface area contributed by atoms with Crippen molar-refractivity contribution >= 4 is 71.7 Å². The average Bonchev–Trinajstić information content (AvgIpc) is 3.78. The van der Waals surface area contributed by atoms with Crippen LogP contribution >= 0.6 is 0 Å². The molecule has 0 aliphatic carbocycles. The summed E-state index contributed by atoms with van der Waals surface area (Å²) in [5.74, 6) is 1.11. The molecule has 10 aromatic rings. The maximum absolute atomic E-state index is 5.38. The summed E-state index contributed by atoms with van der Waals surface area (Å²) in [6.07, 6.45) is 18.6. The van der Waals surface area contributed by atoms with Crippen molar-refractivity contribution in [1.82, 2.24) is 4.57 Å². The van der Waals surface area contributed by atoms with Crippen molar-refractivity contribution in [1.29, 1.82) is 0 Å². The van der Waals surface area contributed by atoms with E-state index in [9.17, 15) is 0 Å². The third-order valence-corrected chi connectivity index (χ3v) is 14.3. The number of para-hydroxylation sites is 1. The van der Waals surface area contributed by atoms with Gasteiger partial charge in [-0.05, 0) is 150 Å². The van der Waals surface area contributed by atoms with E-state index in [2.05, 4.69) is 261 Å². The van der Waals surface area contributed by atoms with Crippen LogP contribution in [0.2, 0.25) is 0 Å². The van der Waals surface area contributed by atoms with E-state index in [1.807, 2.05) is 58.1 Å². The van der Waals surface area contributed by atoms with E-state index in [1.54, 1.807) is 0 Å². The van der Waals surface area contributed by atoms with E-state index >= 15 is 0 Å². The Morgan fingerprint density at radius 1 is 0.582 bits per heavy atom. The Morgan fingerprint density at radius 2 is 1.20 bits per heavy atom.